The van der Waals surface area contributed by atoms with Crippen molar-refractivity contribution in [3.8, 4) is 5.75 Å². The van der Waals surface area contributed by atoms with Gasteiger partial charge in [-0.15, -0.1) is 0 Å². The lowest BCUT2D eigenvalue weighted by Gasteiger charge is -2.21. The fourth-order valence-electron chi connectivity index (χ4n) is 3.15. The summed E-state index contributed by atoms with van der Waals surface area (Å²) in [4.78, 5) is 10.3. The van der Waals surface area contributed by atoms with Crippen LogP contribution in [-0.4, -0.2) is 41.4 Å². The van der Waals surface area contributed by atoms with Gasteiger partial charge in [-0.3, -0.25) is 0 Å². The monoisotopic (exact) mass is 269 g/mol. The van der Waals surface area contributed by atoms with Gasteiger partial charge in [0.1, 0.15) is 6.33 Å². The normalized spacial score (nSPS) is 30.6. The Kier molecular flexibility index (Phi) is 3.03. The Hall–Kier alpha value is -1.07. The molecule has 1 aromatic rings. The standard InChI is InChI=1S/C12H16ClN3O2/c1-18-10-11(13)14-6-15-12(10)16-4-7-2-3-9(17)8(7)5-16/h6-9,17H,2-5H2,1H3. The molecule has 3 rings (SSSR count). The van der Waals surface area contributed by atoms with Crippen molar-refractivity contribution in [1.29, 1.82) is 0 Å². The highest BCUT2D eigenvalue weighted by atomic mass is 35.5. The van der Waals surface area contributed by atoms with E-state index in [0.717, 1.165) is 31.7 Å². The molecule has 1 aromatic heterocycles. The van der Waals surface area contributed by atoms with Crippen LogP contribution in [0.5, 0.6) is 5.75 Å². The van der Waals surface area contributed by atoms with Crippen molar-refractivity contribution in [2.75, 3.05) is 25.1 Å². The first-order valence-corrected chi connectivity index (χ1v) is 6.56. The molecule has 1 saturated carbocycles. The number of fused-ring (bicyclic) bond motifs is 1. The molecule has 6 heteroatoms. The highest BCUT2D eigenvalue weighted by Gasteiger charge is 2.42. The zero-order valence-electron chi connectivity index (χ0n) is 10.2. The van der Waals surface area contributed by atoms with E-state index >= 15 is 0 Å². The highest BCUT2D eigenvalue weighted by molar-refractivity contribution is 6.31. The van der Waals surface area contributed by atoms with Crippen LogP contribution in [0, 0.1) is 11.8 Å². The van der Waals surface area contributed by atoms with Crippen molar-refractivity contribution >= 4 is 17.4 Å². The van der Waals surface area contributed by atoms with Crippen molar-refractivity contribution in [3.63, 3.8) is 0 Å². The van der Waals surface area contributed by atoms with Crippen LogP contribution in [0.1, 0.15) is 12.8 Å². The van der Waals surface area contributed by atoms with Gasteiger partial charge in [0, 0.05) is 19.0 Å². The average molecular weight is 270 g/mol. The summed E-state index contributed by atoms with van der Waals surface area (Å²) in [7, 11) is 1.57. The molecule has 18 heavy (non-hydrogen) atoms. The summed E-state index contributed by atoms with van der Waals surface area (Å²) in [6.45, 7) is 1.72. The minimum Gasteiger partial charge on any atom is -0.490 e. The smallest absolute Gasteiger partial charge is 0.199 e. The van der Waals surface area contributed by atoms with Crippen molar-refractivity contribution in [1.82, 2.24) is 9.97 Å². The summed E-state index contributed by atoms with van der Waals surface area (Å²) < 4.78 is 5.28. The summed E-state index contributed by atoms with van der Waals surface area (Å²) in [6, 6.07) is 0. The molecule has 1 aliphatic carbocycles. The van der Waals surface area contributed by atoms with Crippen LogP contribution >= 0.6 is 11.6 Å². The number of anilines is 1. The minimum atomic E-state index is -0.177. The number of aliphatic hydroxyl groups excluding tert-OH is 1. The van der Waals surface area contributed by atoms with Gasteiger partial charge in [-0.05, 0) is 18.8 Å². The van der Waals surface area contributed by atoms with E-state index < -0.39 is 0 Å². The SMILES string of the molecule is COc1c(Cl)ncnc1N1CC2CCC(O)C2C1. The quantitative estimate of drug-likeness (QED) is 0.822. The maximum absolute atomic E-state index is 9.93. The molecule has 3 unspecified atom stereocenters. The molecule has 0 amide bonds. The van der Waals surface area contributed by atoms with Gasteiger partial charge in [-0.2, -0.15) is 0 Å². The second-order valence-electron chi connectivity index (χ2n) is 4.99. The maximum Gasteiger partial charge on any atom is 0.199 e. The number of rotatable bonds is 2. The van der Waals surface area contributed by atoms with Gasteiger partial charge in [0.2, 0.25) is 0 Å². The predicted octanol–water partition coefficient (Wildman–Crippen LogP) is 1.35. The van der Waals surface area contributed by atoms with Gasteiger partial charge in [0.15, 0.2) is 16.7 Å². The van der Waals surface area contributed by atoms with E-state index in [1.54, 1.807) is 7.11 Å². The number of hydrogen-bond acceptors (Lipinski definition) is 5. The van der Waals surface area contributed by atoms with E-state index in [0.29, 0.717) is 22.7 Å². The summed E-state index contributed by atoms with van der Waals surface area (Å²) in [5.74, 6) is 2.16. The van der Waals surface area contributed by atoms with Crippen LogP contribution in [0.15, 0.2) is 6.33 Å². The van der Waals surface area contributed by atoms with Crippen molar-refractivity contribution in [2.24, 2.45) is 11.8 Å². The fourth-order valence-corrected chi connectivity index (χ4v) is 3.36. The van der Waals surface area contributed by atoms with Gasteiger partial charge in [-0.25, -0.2) is 9.97 Å². The molecule has 3 atom stereocenters. The number of hydrogen-bond donors (Lipinski definition) is 1. The molecule has 5 nitrogen and oxygen atoms in total. The van der Waals surface area contributed by atoms with Crippen LogP contribution in [0.2, 0.25) is 5.15 Å². The zero-order valence-corrected chi connectivity index (χ0v) is 11.0. The predicted molar refractivity (Wildman–Crippen MR) is 68.0 cm³/mol. The summed E-state index contributed by atoms with van der Waals surface area (Å²) in [6.07, 6.45) is 3.28. The van der Waals surface area contributed by atoms with Crippen molar-refractivity contribution < 1.29 is 9.84 Å². The molecule has 0 bridgehead atoms. The topological polar surface area (TPSA) is 58.5 Å². The lowest BCUT2D eigenvalue weighted by molar-refractivity contribution is 0.133. The Morgan fingerprint density at radius 1 is 1.39 bits per heavy atom. The third-order valence-corrected chi connectivity index (χ3v) is 4.33. The third kappa shape index (κ3) is 1.82. The lowest BCUT2D eigenvalue weighted by atomic mass is 10.00. The van der Waals surface area contributed by atoms with E-state index in [1.807, 2.05) is 0 Å². The molecule has 2 aliphatic rings. The van der Waals surface area contributed by atoms with Crippen LogP contribution in [0.25, 0.3) is 0 Å². The number of nitrogens with zero attached hydrogens (tertiary/aromatic N) is 3. The fraction of sp³-hybridized carbons (Fsp3) is 0.667. The molecule has 1 aliphatic heterocycles. The minimum absolute atomic E-state index is 0.177. The maximum atomic E-state index is 9.93. The van der Waals surface area contributed by atoms with Gasteiger partial charge in [0.25, 0.3) is 0 Å². The molecule has 1 N–H and O–H groups in total. The molecular weight excluding hydrogens is 254 g/mol. The van der Waals surface area contributed by atoms with E-state index in [2.05, 4.69) is 14.9 Å². The number of methoxy groups -OCH3 is 1. The highest BCUT2D eigenvalue weighted by Crippen LogP contribution is 2.42. The molecule has 98 valence electrons. The second kappa shape index (κ2) is 4.55. The second-order valence-corrected chi connectivity index (χ2v) is 5.35. The number of aromatic nitrogens is 2. The van der Waals surface area contributed by atoms with Gasteiger partial charge in [0.05, 0.1) is 13.2 Å². The van der Waals surface area contributed by atoms with Crippen LogP contribution in [-0.2, 0) is 0 Å². The molecule has 0 spiro atoms. The first-order valence-electron chi connectivity index (χ1n) is 6.18. The van der Waals surface area contributed by atoms with E-state index in [1.165, 1.54) is 6.33 Å². The Balaban J connectivity index is 1.87. The first-order chi connectivity index (χ1) is 8.70. The van der Waals surface area contributed by atoms with Crippen molar-refractivity contribution in [3.05, 3.63) is 11.5 Å². The first kappa shape index (κ1) is 12.0. The number of halogens is 1. The molecule has 2 heterocycles. The number of ether oxygens (including phenoxy) is 1. The Labute approximate surface area is 111 Å². The van der Waals surface area contributed by atoms with E-state index in [9.17, 15) is 5.11 Å². The molecular formula is C12H16ClN3O2. The molecule has 1 saturated heterocycles. The average Bonchev–Trinajstić information content (AvgIpc) is 2.92. The number of aliphatic hydroxyl groups is 1. The van der Waals surface area contributed by atoms with Gasteiger partial charge < -0.3 is 14.7 Å². The van der Waals surface area contributed by atoms with E-state index in [4.69, 9.17) is 16.3 Å². The van der Waals surface area contributed by atoms with Crippen LogP contribution in [0.3, 0.4) is 0 Å². The molecule has 0 radical (unpaired) electrons. The Morgan fingerprint density at radius 2 is 2.22 bits per heavy atom. The van der Waals surface area contributed by atoms with Gasteiger partial charge >= 0.3 is 0 Å². The lowest BCUT2D eigenvalue weighted by Crippen LogP contribution is -2.25. The Bertz CT molecular complexity index is 457. The van der Waals surface area contributed by atoms with Crippen LogP contribution in [0.4, 0.5) is 5.82 Å². The van der Waals surface area contributed by atoms with Crippen LogP contribution < -0.4 is 9.64 Å². The largest absolute Gasteiger partial charge is 0.490 e. The van der Waals surface area contributed by atoms with Crippen molar-refractivity contribution in [2.45, 2.75) is 18.9 Å². The van der Waals surface area contributed by atoms with Gasteiger partial charge in [-0.1, -0.05) is 11.6 Å². The van der Waals surface area contributed by atoms with E-state index in [-0.39, 0.29) is 6.10 Å². The molecule has 0 aromatic carbocycles. The summed E-state index contributed by atoms with van der Waals surface area (Å²) in [5, 5.41) is 10.3. The third-order valence-electron chi connectivity index (χ3n) is 4.06. The molecule has 2 fully saturated rings. The Morgan fingerprint density at radius 3 is 2.94 bits per heavy atom. The summed E-state index contributed by atoms with van der Waals surface area (Å²) >= 11 is 6.01. The zero-order chi connectivity index (χ0) is 12.7. The summed E-state index contributed by atoms with van der Waals surface area (Å²) in [5.41, 5.74) is 0.